The molecule has 0 bridgehead atoms. The SMILES string of the molecule is CCOc1ccc2ccccc2c1C(=O)Nn1cnc2c(cnn2-c2ccc(F)cc2)c1=O. The van der Waals surface area contributed by atoms with Gasteiger partial charge in [0.15, 0.2) is 5.65 Å². The van der Waals surface area contributed by atoms with Gasteiger partial charge < -0.3 is 4.74 Å². The molecule has 0 fully saturated rings. The van der Waals surface area contributed by atoms with Crippen LogP contribution in [-0.4, -0.2) is 32.0 Å². The maximum atomic E-state index is 13.2. The molecule has 5 aromatic rings. The van der Waals surface area contributed by atoms with E-state index in [1.807, 2.05) is 37.3 Å². The van der Waals surface area contributed by atoms with Gasteiger partial charge in [-0.05, 0) is 48.0 Å². The Hall–Kier alpha value is -4.53. The highest BCUT2D eigenvalue weighted by molar-refractivity contribution is 6.12. The van der Waals surface area contributed by atoms with Gasteiger partial charge in [-0.15, -0.1) is 0 Å². The fourth-order valence-corrected chi connectivity index (χ4v) is 3.69. The van der Waals surface area contributed by atoms with Crippen LogP contribution in [0.1, 0.15) is 17.3 Å². The lowest BCUT2D eigenvalue weighted by atomic mass is 10.0. The maximum absolute atomic E-state index is 13.2. The van der Waals surface area contributed by atoms with Crippen molar-refractivity contribution in [1.29, 1.82) is 0 Å². The summed E-state index contributed by atoms with van der Waals surface area (Å²) < 4.78 is 21.4. The number of carbonyl (C=O) groups excluding carboxylic acids is 1. The second-order valence-electron chi connectivity index (χ2n) is 7.22. The molecule has 0 aliphatic heterocycles. The smallest absolute Gasteiger partial charge is 0.283 e. The van der Waals surface area contributed by atoms with Gasteiger partial charge in [-0.25, -0.2) is 18.7 Å². The monoisotopic (exact) mass is 443 g/mol. The summed E-state index contributed by atoms with van der Waals surface area (Å²) in [5, 5.41) is 5.97. The standard InChI is InChI=1S/C24H18FN5O3/c1-2-33-20-12-7-15-5-3-4-6-18(15)21(20)23(31)28-29-14-26-22-19(24(29)32)13-27-30(22)17-10-8-16(25)9-11-17/h3-14H,2H2,1H3,(H,28,31). The van der Waals surface area contributed by atoms with Crippen molar-refractivity contribution < 1.29 is 13.9 Å². The van der Waals surface area contributed by atoms with Crippen LogP contribution in [0, 0.1) is 5.82 Å². The van der Waals surface area contributed by atoms with Crippen LogP contribution in [0.15, 0.2) is 78.0 Å². The van der Waals surface area contributed by atoms with E-state index in [9.17, 15) is 14.0 Å². The predicted molar refractivity (Wildman–Crippen MR) is 122 cm³/mol. The van der Waals surface area contributed by atoms with E-state index in [2.05, 4.69) is 15.5 Å². The first-order valence-corrected chi connectivity index (χ1v) is 10.2. The van der Waals surface area contributed by atoms with E-state index in [4.69, 9.17) is 4.74 Å². The Labute approximate surface area is 186 Å². The molecule has 33 heavy (non-hydrogen) atoms. The molecular weight excluding hydrogens is 425 g/mol. The molecule has 1 amide bonds. The summed E-state index contributed by atoms with van der Waals surface area (Å²) in [6.45, 7) is 2.21. The summed E-state index contributed by atoms with van der Waals surface area (Å²) in [5.74, 6) is -0.475. The van der Waals surface area contributed by atoms with Gasteiger partial charge in [-0.1, -0.05) is 30.3 Å². The fourth-order valence-electron chi connectivity index (χ4n) is 3.69. The van der Waals surface area contributed by atoms with Crippen LogP contribution in [-0.2, 0) is 0 Å². The Bertz CT molecular complexity index is 1560. The fraction of sp³-hybridized carbons (Fsp3) is 0.0833. The summed E-state index contributed by atoms with van der Waals surface area (Å²) >= 11 is 0. The van der Waals surface area contributed by atoms with Crippen molar-refractivity contribution >= 4 is 27.7 Å². The van der Waals surface area contributed by atoms with Gasteiger partial charge in [0.25, 0.3) is 11.5 Å². The molecule has 0 saturated carbocycles. The molecule has 0 unspecified atom stereocenters. The number of hydrogen-bond acceptors (Lipinski definition) is 5. The number of hydrogen-bond donors (Lipinski definition) is 1. The van der Waals surface area contributed by atoms with E-state index in [0.717, 1.165) is 10.1 Å². The number of ether oxygens (including phenoxy) is 1. The lowest BCUT2D eigenvalue weighted by Gasteiger charge is -2.14. The molecule has 2 heterocycles. The van der Waals surface area contributed by atoms with Crippen molar-refractivity contribution in [2.75, 3.05) is 12.0 Å². The van der Waals surface area contributed by atoms with Crippen molar-refractivity contribution in [2.45, 2.75) is 6.92 Å². The number of halogens is 1. The largest absolute Gasteiger partial charge is 0.493 e. The van der Waals surface area contributed by atoms with Gasteiger partial charge in [-0.2, -0.15) is 5.10 Å². The zero-order valence-corrected chi connectivity index (χ0v) is 17.5. The van der Waals surface area contributed by atoms with Crippen LogP contribution in [0.25, 0.3) is 27.5 Å². The second kappa shape index (κ2) is 8.19. The van der Waals surface area contributed by atoms with Gasteiger partial charge in [-0.3, -0.25) is 15.0 Å². The number of nitrogens with zero attached hydrogens (tertiary/aromatic N) is 4. The number of benzene rings is 3. The number of carbonyl (C=O) groups is 1. The first-order valence-electron chi connectivity index (χ1n) is 10.2. The van der Waals surface area contributed by atoms with Crippen molar-refractivity contribution in [3.8, 4) is 11.4 Å². The number of aromatic nitrogens is 4. The Morgan fingerprint density at radius 3 is 2.64 bits per heavy atom. The third-order valence-corrected chi connectivity index (χ3v) is 5.20. The highest BCUT2D eigenvalue weighted by atomic mass is 19.1. The molecule has 0 spiro atoms. The molecule has 2 aromatic heterocycles. The second-order valence-corrected chi connectivity index (χ2v) is 7.22. The normalized spacial score (nSPS) is 11.1. The van der Waals surface area contributed by atoms with Crippen LogP contribution in [0.4, 0.5) is 4.39 Å². The minimum absolute atomic E-state index is 0.199. The molecule has 0 radical (unpaired) electrons. The van der Waals surface area contributed by atoms with Crippen molar-refractivity contribution in [1.82, 2.24) is 19.4 Å². The number of nitrogens with one attached hydrogen (secondary N) is 1. The van der Waals surface area contributed by atoms with E-state index in [-0.39, 0.29) is 16.9 Å². The average molecular weight is 443 g/mol. The van der Waals surface area contributed by atoms with E-state index >= 15 is 0 Å². The number of rotatable bonds is 5. The van der Waals surface area contributed by atoms with Gasteiger partial charge in [0, 0.05) is 0 Å². The van der Waals surface area contributed by atoms with Crippen LogP contribution in [0.5, 0.6) is 5.75 Å². The zero-order valence-electron chi connectivity index (χ0n) is 17.5. The minimum atomic E-state index is -0.510. The number of amides is 1. The van der Waals surface area contributed by atoms with Gasteiger partial charge in [0.2, 0.25) is 0 Å². The molecule has 0 saturated heterocycles. The molecule has 8 nitrogen and oxygen atoms in total. The average Bonchev–Trinajstić information content (AvgIpc) is 3.26. The molecule has 0 atom stereocenters. The van der Waals surface area contributed by atoms with Gasteiger partial charge in [0.1, 0.15) is 23.3 Å². The van der Waals surface area contributed by atoms with E-state index in [1.165, 1.54) is 41.5 Å². The zero-order chi connectivity index (χ0) is 22.9. The lowest BCUT2D eigenvalue weighted by molar-refractivity contribution is 0.100. The molecule has 3 aromatic carbocycles. The van der Waals surface area contributed by atoms with E-state index in [0.29, 0.717) is 29.0 Å². The van der Waals surface area contributed by atoms with Crippen LogP contribution in [0.3, 0.4) is 0 Å². The molecule has 1 N–H and O–H groups in total. The van der Waals surface area contributed by atoms with Gasteiger partial charge >= 0.3 is 0 Å². The molecule has 5 rings (SSSR count). The van der Waals surface area contributed by atoms with Crippen molar-refractivity contribution in [3.63, 3.8) is 0 Å². The Morgan fingerprint density at radius 1 is 1.06 bits per heavy atom. The van der Waals surface area contributed by atoms with Crippen LogP contribution in [0.2, 0.25) is 0 Å². The highest BCUT2D eigenvalue weighted by Gasteiger charge is 2.19. The van der Waals surface area contributed by atoms with Crippen LogP contribution >= 0.6 is 0 Å². The summed E-state index contributed by atoms with van der Waals surface area (Å²) in [6, 6.07) is 16.7. The Morgan fingerprint density at radius 2 is 1.85 bits per heavy atom. The van der Waals surface area contributed by atoms with Crippen LogP contribution < -0.4 is 15.7 Å². The summed E-state index contributed by atoms with van der Waals surface area (Å²) in [7, 11) is 0. The lowest BCUT2D eigenvalue weighted by Crippen LogP contribution is -2.33. The molecular formula is C24H18FN5O3. The maximum Gasteiger partial charge on any atom is 0.283 e. The first-order chi connectivity index (χ1) is 16.1. The molecule has 0 aliphatic rings. The highest BCUT2D eigenvalue weighted by Crippen LogP contribution is 2.28. The van der Waals surface area contributed by atoms with E-state index in [1.54, 1.807) is 6.07 Å². The van der Waals surface area contributed by atoms with Gasteiger partial charge in [0.05, 0.1) is 24.1 Å². The van der Waals surface area contributed by atoms with E-state index < -0.39 is 11.5 Å². The van der Waals surface area contributed by atoms with Crippen molar-refractivity contribution in [3.05, 3.63) is 94.9 Å². The Balaban J connectivity index is 1.55. The summed E-state index contributed by atoms with van der Waals surface area (Å²) in [5.41, 5.74) is 3.27. The molecule has 9 heteroatoms. The quantitative estimate of drug-likeness (QED) is 0.448. The molecule has 0 aliphatic carbocycles. The summed E-state index contributed by atoms with van der Waals surface area (Å²) in [4.78, 5) is 30.6. The first kappa shape index (κ1) is 20.4. The van der Waals surface area contributed by atoms with Crippen molar-refractivity contribution in [2.24, 2.45) is 0 Å². The number of fused-ring (bicyclic) bond motifs is 2. The molecule has 164 valence electrons. The third-order valence-electron chi connectivity index (χ3n) is 5.20. The Kier molecular flexibility index (Phi) is 5.06. The predicted octanol–water partition coefficient (Wildman–Crippen LogP) is 3.66. The topological polar surface area (TPSA) is 91.0 Å². The third kappa shape index (κ3) is 3.59. The minimum Gasteiger partial charge on any atom is -0.493 e. The summed E-state index contributed by atoms with van der Waals surface area (Å²) in [6.07, 6.45) is 2.58.